The molecule has 0 fully saturated rings. The van der Waals surface area contributed by atoms with E-state index in [0.717, 1.165) is 5.56 Å². The third kappa shape index (κ3) is 5.74. The number of ether oxygens (including phenoxy) is 1. The molecule has 29 heavy (non-hydrogen) atoms. The van der Waals surface area contributed by atoms with Crippen molar-refractivity contribution in [2.24, 2.45) is 11.8 Å². The first-order chi connectivity index (χ1) is 13.2. The number of esters is 1. The lowest BCUT2D eigenvalue weighted by Gasteiger charge is -2.27. The van der Waals surface area contributed by atoms with Crippen LogP contribution in [0.4, 0.5) is 13.2 Å². The molecule has 2 rings (SSSR count). The molecule has 0 saturated heterocycles. The third-order valence-electron chi connectivity index (χ3n) is 4.59. The summed E-state index contributed by atoms with van der Waals surface area (Å²) in [5, 5.41) is 0. The first kappa shape index (κ1) is 23.3. The predicted octanol–water partition coefficient (Wildman–Crippen LogP) is 4.91. The van der Waals surface area contributed by atoms with E-state index in [1.54, 1.807) is 51.1 Å². The van der Waals surface area contributed by atoms with Gasteiger partial charge in [-0.1, -0.05) is 37.3 Å². The molecule has 0 aliphatic heterocycles. The fourth-order valence-corrected chi connectivity index (χ4v) is 4.02. The van der Waals surface area contributed by atoms with Crippen LogP contribution in [0.1, 0.15) is 52.0 Å². The molecular formula is C20H25F3O5S. The summed E-state index contributed by atoms with van der Waals surface area (Å²) in [6.45, 7) is 6.85. The number of carbonyl (C=O) groups excluding carboxylic acids is 1. The topological polar surface area (TPSA) is 69.7 Å². The van der Waals surface area contributed by atoms with Gasteiger partial charge in [0.2, 0.25) is 0 Å². The van der Waals surface area contributed by atoms with Gasteiger partial charge in [-0.25, -0.2) is 0 Å². The van der Waals surface area contributed by atoms with E-state index in [1.165, 1.54) is 6.08 Å². The lowest BCUT2D eigenvalue weighted by Crippen LogP contribution is -2.29. The van der Waals surface area contributed by atoms with Gasteiger partial charge in [0.1, 0.15) is 11.4 Å². The van der Waals surface area contributed by atoms with Crippen molar-refractivity contribution in [1.82, 2.24) is 0 Å². The fourth-order valence-electron chi connectivity index (χ4n) is 3.49. The Morgan fingerprint density at radius 3 is 2.17 bits per heavy atom. The Hall–Kier alpha value is -2.03. The van der Waals surface area contributed by atoms with Crippen molar-refractivity contribution in [3.63, 3.8) is 0 Å². The molecule has 0 saturated carbocycles. The van der Waals surface area contributed by atoms with Crippen molar-refractivity contribution in [2.75, 3.05) is 0 Å². The molecule has 0 unspecified atom stereocenters. The van der Waals surface area contributed by atoms with Crippen molar-refractivity contribution in [3.05, 3.63) is 47.7 Å². The fraction of sp³-hybridized carbons (Fsp3) is 0.550. The normalized spacial score (nSPS) is 22.9. The molecule has 1 aromatic carbocycles. The van der Waals surface area contributed by atoms with Crippen LogP contribution in [-0.4, -0.2) is 25.5 Å². The highest BCUT2D eigenvalue weighted by Crippen LogP contribution is 2.48. The van der Waals surface area contributed by atoms with E-state index in [2.05, 4.69) is 4.18 Å². The minimum atomic E-state index is -5.84. The molecule has 0 heterocycles. The van der Waals surface area contributed by atoms with Gasteiger partial charge in [0, 0.05) is 11.8 Å². The van der Waals surface area contributed by atoms with Crippen LogP contribution >= 0.6 is 0 Å². The molecule has 0 aromatic heterocycles. The van der Waals surface area contributed by atoms with Gasteiger partial charge < -0.3 is 8.92 Å². The van der Waals surface area contributed by atoms with Gasteiger partial charge in [-0.15, -0.1) is 0 Å². The number of benzene rings is 1. The van der Waals surface area contributed by atoms with Gasteiger partial charge in [-0.05, 0) is 44.7 Å². The number of hydrogen-bond acceptors (Lipinski definition) is 5. The number of rotatable bonds is 6. The predicted molar refractivity (Wildman–Crippen MR) is 101 cm³/mol. The summed E-state index contributed by atoms with van der Waals surface area (Å²) in [6.07, 6.45) is 1.62. The Bertz CT molecular complexity index is 854. The molecule has 3 atom stereocenters. The van der Waals surface area contributed by atoms with Crippen LogP contribution in [0.25, 0.3) is 0 Å². The van der Waals surface area contributed by atoms with Crippen LogP contribution in [0.5, 0.6) is 0 Å². The van der Waals surface area contributed by atoms with Gasteiger partial charge in [-0.3, -0.25) is 4.79 Å². The Labute approximate surface area is 169 Å². The molecule has 1 aliphatic carbocycles. The van der Waals surface area contributed by atoms with E-state index in [-0.39, 0.29) is 18.1 Å². The van der Waals surface area contributed by atoms with Crippen molar-refractivity contribution in [1.29, 1.82) is 0 Å². The molecule has 0 amide bonds. The van der Waals surface area contributed by atoms with E-state index < -0.39 is 39.0 Å². The molecule has 162 valence electrons. The number of halogens is 3. The van der Waals surface area contributed by atoms with Crippen molar-refractivity contribution in [2.45, 2.75) is 57.6 Å². The van der Waals surface area contributed by atoms with Crippen LogP contribution in [0.3, 0.4) is 0 Å². The second kappa shape index (κ2) is 8.38. The maximum absolute atomic E-state index is 12.9. The van der Waals surface area contributed by atoms with Gasteiger partial charge in [0.05, 0.1) is 6.42 Å². The minimum Gasteiger partial charge on any atom is -0.460 e. The standard InChI is InChI=1S/C20H25F3O5S/c1-5-13-11-16(28-29(25,26)20(21,22)23)15(12-17(24)27-19(2,3)4)18(13)14-9-7-6-8-10-14/h6-11,13,15,18H,5,12H2,1-4H3/t13-,15-,18+/m1/s1. The van der Waals surface area contributed by atoms with E-state index >= 15 is 0 Å². The molecule has 1 aliphatic rings. The molecule has 0 spiro atoms. The van der Waals surface area contributed by atoms with Crippen LogP contribution in [0.15, 0.2) is 42.2 Å². The quantitative estimate of drug-likeness (QED) is 0.362. The average molecular weight is 434 g/mol. The Morgan fingerprint density at radius 2 is 1.69 bits per heavy atom. The van der Waals surface area contributed by atoms with Crippen LogP contribution < -0.4 is 0 Å². The maximum Gasteiger partial charge on any atom is 0.534 e. The highest BCUT2D eigenvalue weighted by molar-refractivity contribution is 7.87. The van der Waals surface area contributed by atoms with Gasteiger partial charge in [0.15, 0.2) is 0 Å². The lowest BCUT2D eigenvalue weighted by molar-refractivity contribution is -0.156. The van der Waals surface area contributed by atoms with Crippen molar-refractivity contribution < 1.29 is 35.3 Å². The largest absolute Gasteiger partial charge is 0.534 e. The number of allylic oxidation sites excluding steroid dienone is 2. The third-order valence-corrected chi connectivity index (χ3v) is 5.57. The monoisotopic (exact) mass is 434 g/mol. The van der Waals surface area contributed by atoms with Crippen molar-refractivity contribution in [3.8, 4) is 0 Å². The highest BCUT2D eigenvalue weighted by atomic mass is 32.2. The van der Waals surface area contributed by atoms with Gasteiger partial charge in [0.25, 0.3) is 0 Å². The molecular weight excluding hydrogens is 409 g/mol. The molecule has 0 N–H and O–H groups in total. The summed E-state index contributed by atoms with van der Waals surface area (Å²) >= 11 is 0. The molecule has 1 aromatic rings. The highest BCUT2D eigenvalue weighted by Gasteiger charge is 2.51. The van der Waals surface area contributed by atoms with E-state index in [9.17, 15) is 26.4 Å². The summed E-state index contributed by atoms with van der Waals surface area (Å²) in [6, 6.07) is 8.94. The zero-order valence-corrected chi connectivity index (χ0v) is 17.5. The summed E-state index contributed by atoms with van der Waals surface area (Å²) in [4.78, 5) is 12.4. The summed E-state index contributed by atoms with van der Waals surface area (Å²) in [5.74, 6) is -2.60. The lowest BCUT2D eigenvalue weighted by atomic mass is 9.79. The van der Waals surface area contributed by atoms with E-state index in [0.29, 0.717) is 6.42 Å². The Morgan fingerprint density at radius 1 is 1.10 bits per heavy atom. The Balaban J connectivity index is 2.42. The van der Waals surface area contributed by atoms with Gasteiger partial charge in [-0.2, -0.15) is 21.6 Å². The van der Waals surface area contributed by atoms with E-state index in [1.807, 2.05) is 6.92 Å². The van der Waals surface area contributed by atoms with Crippen molar-refractivity contribution >= 4 is 16.1 Å². The summed E-state index contributed by atoms with van der Waals surface area (Å²) in [7, 11) is -5.84. The number of alkyl halides is 3. The van der Waals surface area contributed by atoms with Crippen LogP contribution in [0.2, 0.25) is 0 Å². The summed E-state index contributed by atoms with van der Waals surface area (Å²) < 4.78 is 71.6. The first-order valence-corrected chi connectivity index (χ1v) is 10.6. The zero-order chi connectivity index (χ0) is 22.0. The van der Waals surface area contributed by atoms with Crippen LogP contribution in [0, 0.1) is 11.8 Å². The van der Waals surface area contributed by atoms with E-state index in [4.69, 9.17) is 4.74 Å². The summed E-state index contributed by atoms with van der Waals surface area (Å²) in [5.41, 5.74) is -5.56. The smallest absolute Gasteiger partial charge is 0.460 e. The molecule has 5 nitrogen and oxygen atoms in total. The molecule has 0 radical (unpaired) electrons. The average Bonchev–Trinajstić information content (AvgIpc) is 2.89. The SMILES string of the molecule is CC[C@@H]1C=C(OS(=O)(=O)C(F)(F)F)[C@@H](CC(=O)OC(C)(C)C)[C@@H]1c1ccccc1. The number of carbonyl (C=O) groups is 1. The first-order valence-electron chi connectivity index (χ1n) is 9.24. The second-order valence-electron chi connectivity index (χ2n) is 7.96. The zero-order valence-electron chi connectivity index (χ0n) is 16.7. The Kier molecular flexibility index (Phi) is 6.71. The second-order valence-corrected chi connectivity index (χ2v) is 9.50. The van der Waals surface area contributed by atoms with Crippen LogP contribution in [-0.2, 0) is 23.8 Å². The number of hydrogen-bond donors (Lipinski definition) is 0. The maximum atomic E-state index is 12.9. The molecule has 0 bridgehead atoms. The minimum absolute atomic E-state index is 0.289. The molecule has 9 heteroatoms. The van der Waals surface area contributed by atoms with Gasteiger partial charge >= 0.3 is 21.6 Å².